The summed E-state index contributed by atoms with van der Waals surface area (Å²) in [4.78, 5) is 0. The minimum atomic E-state index is -0.254. The number of rotatable bonds is 0. The van der Waals surface area contributed by atoms with Crippen molar-refractivity contribution in [1.82, 2.24) is 0 Å². The second-order valence-corrected chi connectivity index (χ2v) is 3.91. The molecule has 0 spiro atoms. The molecule has 0 aliphatic heterocycles. The molecule has 0 radical (unpaired) electrons. The first-order chi connectivity index (χ1) is 6.36. The van der Waals surface area contributed by atoms with Crippen LogP contribution in [-0.2, 0) is 6.42 Å². The minimum Gasteiger partial charge on any atom is -0.388 e. The Hall–Kier alpha value is -1.08. The fourth-order valence-corrected chi connectivity index (χ4v) is 2.58. The van der Waals surface area contributed by atoms with E-state index in [1.54, 1.807) is 0 Å². The van der Waals surface area contributed by atoms with Crippen LogP contribution in [0.4, 0.5) is 0 Å². The van der Waals surface area contributed by atoms with Gasteiger partial charge in [0.2, 0.25) is 0 Å². The molecule has 1 aromatic carbocycles. The molecule has 2 aliphatic carbocycles. The lowest BCUT2D eigenvalue weighted by Gasteiger charge is -2.22. The molecule has 0 saturated carbocycles. The van der Waals surface area contributed by atoms with Crippen molar-refractivity contribution in [2.24, 2.45) is 0 Å². The van der Waals surface area contributed by atoms with E-state index in [0.717, 1.165) is 12.8 Å². The molecule has 0 saturated heterocycles. The van der Waals surface area contributed by atoms with Gasteiger partial charge in [0, 0.05) is 5.92 Å². The zero-order valence-electron chi connectivity index (χ0n) is 7.40. The number of aliphatic hydroxyl groups is 1. The molecule has 66 valence electrons. The smallest absolute Gasteiger partial charge is 0.0793 e. The molecular formula is C12H12O. The van der Waals surface area contributed by atoms with Crippen molar-refractivity contribution in [2.45, 2.75) is 24.9 Å². The molecule has 0 fully saturated rings. The molecule has 2 aliphatic rings. The second-order valence-electron chi connectivity index (χ2n) is 3.91. The normalized spacial score (nSPS) is 29.0. The highest BCUT2D eigenvalue weighted by molar-refractivity contribution is 5.62. The largest absolute Gasteiger partial charge is 0.388 e. The SMILES string of the molecule is OC1C=Cc2cccc3c2C1CC3. The van der Waals surface area contributed by atoms with E-state index in [2.05, 4.69) is 18.2 Å². The Morgan fingerprint density at radius 2 is 2.23 bits per heavy atom. The van der Waals surface area contributed by atoms with E-state index in [1.807, 2.05) is 12.2 Å². The quantitative estimate of drug-likeness (QED) is 0.635. The molecule has 0 bridgehead atoms. The van der Waals surface area contributed by atoms with Crippen molar-refractivity contribution in [3.63, 3.8) is 0 Å². The minimum absolute atomic E-state index is 0.254. The van der Waals surface area contributed by atoms with Crippen LogP contribution in [0.1, 0.15) is 29.0 Å². The maximum atomic E-state index is 9.76. The van der Waals surface area contributed by atoms with E-state index in [4.69, 9.17) is 0 Å². The zero-order chi connectivity index (χ0) is 8.84. The van der Waals surface area contributed by atoms with Crippen LogP contribution in [0.15, 0.2) is 24.3 Å². The predicted octanol–water partition coefficient (Wildman–Crippen LogP) is 2.10. The predicted molar refractivity (Wildman–Crippen MR) is 52.5 cm³/mol. The van der Waals surface area contributed by atoms with Crippen LogP contribution in [0, 0.1) is 0 Å². The van der Waals surface area contributed by atoms with Gasteiger partial charge >= 0.3 is 0 Å². The van der Waals surface area contributed by atoms with Crippen molar-refractivity contribution in [3.8, 4) is 0 Å². The summed E-state index contributed by atoms with van der Waals surface area (Å²) in [5.41, 5.74) is 4.15. The Morgan fingerprint density at radius 1 is 1.31 bits per heavy atom. The Kier molecular flexibility index (Phi) is 1.39. The van der Waals surface area contributed by atoms with Crippen molar-refractivity contribution < 1.29 is 5.11 Å². The Bertz CT molecular complexity index is 379. The number of aliphatic hydroxyl groups excluding tert-OH is 1. The summed E-state index contributed by atoms with van der Waals surface area (Å²) in [6.07, 6.45) is 5.95. The van der Waals surface area contributed by atoms with Crippen LogP contribution in [0.2, 0.25) is 0 Å². The van der Waals surface area contributed by atoms with Gasteiger partial charge in [-0.05, 0) is 29.5 Å². The first kappa shape index (κ1) is 7.34. The molecule has 1 nitrogen and oxygen atoms in total. The van der Waals surface area contributed by atoms with Crippen LogP contribution in [0.3, 0.4) is 0 Å². The van der Waals surface area contributed by atoms with E-state index in [1.165, 1.54) is 16.7 Å². The average molecular weight is 172 g/mol. The Labute approximate surface area is 77.7 Å². The molecule has 13 heavy (non-hydrogen) atoms. The third-order valence-electron chi connectivity index (χ3n) is 3.21. The van der Waals surface area contributed by atoms with Crippen LogP contribution in [0.5, 0.6) is 0 Å². The molecule has 1 aromatic rings. The number of hydrogen-bond donors (Lipinski definition) is 1. The lowest BCUT2D eigenvalue weighted by atomic mass is 9.87. The van der Waals surface area contributed by atoms with Gasteiger partial charge in [-0.1, -0.05) is 30.4 Å². The standard InChI is InChI=1S/C12H12O/c13-11-7-5-9-3-1-2-8-4-6-10(11)12(8)9/h1-3,5,7,10-11,13H,4,6H2. The highest BCUT2D eigenvalue weighted by atomic mass is 16.3. The molecule has 0 heterocycles. The Morgan fingerprint density at radius 3 is 3.15 bits per heavy atom. The fourth-order valence-electron chi connectivity index (χ4n) is 2.58. The van der Waals surface area contributed by atoms with Crippen LogP contribution in [-0.4, -0.2) is 11.2 Å². The third-order valence-corrected chi connectivity index (χ3v) is 3.21. The van der Waals surface area contributed by atoms with E-state index in [0.29, 0.717) is 5.92 Å². The first-order valence-corrected chi connectivity index (χ1v) is 4.84. The van der Waals surface area contributed by atoms with E-state index >= 15 is 0 Å². The van der Waals surface area contributed by atoms with E-state index in [9.17, 15) is 5.11 Å². The molecule has 2 atom stereocenters. The zero-order valence-corrected chi connectivity index (χ0v) is 7.40. The van der Waals surface area contributed by atoms with Gasteiger partial charge in [0.05, 0.1) is 6.10 Å². The molecule has 0 amide bonds. The summed E-state index contributed by atoms with van der Waals surface area (Å²) in [7, 11) is 0. The van der Waals surface area contributed by atoms with Gasteiger partial charge in [-0.3, -0.25) is 0 Å². The maximum Gasteiger partial charge on any atom is 0.0793 e. The van der Waals surface area contributed by atoms with Gasteiger partial charge in [0.25, 0.3) is 0 Å². The number of aryl methyl sites for hydroxylation is 1. The average Bonchev–Trinajstić information content (AvgIpc) is 2.57. The molecule has 2 unspecified atom stereocenters. The summed E-state index contributed by atoms with van der Waals surface area (Å²) in [5, 5.41) is 9.76. The highest BCUT2D eigenvalue weighted by Gasteiger charge is 2.31. The monoisotopic (exact) mass is 172 g/mol. The summed E-state index contributed by atoms with van der Waals surface area (Å²) >= 11 is 0. The van der Waals surface area contributed by atoms with Crippen molar-refractivity contribution in [1.29, 1.82) is 0 Å². The van der Waals surface area contributed by atoms with Crippen LogP contribution < -0.4 is 0 Å². The molecular weight excluding hydrogens is 160 g/mol. The van der Waals surface area contributed by atoms with Gasteiger partial charge in [-0.2, -0.15) is 0 Å². The highest BCUT2D eigenvalue weighted by Crippen LogP contribution is 2.41. The molecule has 1 N–H and O–H groups in total. The molecule has 3 rings (SSSR count). The van der Waals surface area contributed by atoms with Gasteiger partial charge < -0.3 is 5.11 Å². The number of hydrogen-bond acceptors (Lipinski definition) is 1. The van der Waals surface area contributed by atoms with Crippen LogP contribution >= 0.6 is 0 Å². The van der Waals surface area contributed by atoms with E-state index < -0.39 is 0 Å². The van der Waals surface area contributed by atoms with Crippen LogP contribution in [0.25, 0.3) is 6.08 Å². The lowest BCUT2D eigenvalue weighted by Crippen LogP contribution is -2.17. The second kappa shape index (κ2) is 2.46. The lowest BCUT2D eigenvalue weighted by molar-refractivity contribution is 0.189. The van der Waals surface area contributed by atoms with Gasteiger partial charge in [0.1, 0.15) is 0 Å². The molecule has 0 aromatic heterocycles. The van der Waals surface area contributed by atoms with Gasteiger partial charge in [0.15, 0.2) is 0 Å². The summed E-state index contributed by atoms with van der Waals surface area (Å²) < 4.78 is 0. The van der Waals surface area contributed by atoms with Gasteiger partial charge in [-0.15, -0.1) is 0 Å². The topological polar surface area (TPSA) is 20.2 Å². The van der Waals surface area contributed by atoms with Crippen molar-refractivity contribution in [3.05, 3.63) is 41.0 Å². The summed E-state index contributed by atoms with van der Waals surface area (Å²) in [6.45, 7) is 0. The third kappa shape index (κ3) is 0.909. The maximum absolute atomic E-state index is 9.76. The van der Waals surface area contributed by atoms with Crippen molar-refractivity contribution >= 4 is 6.08 Å². The summed E-state index contributed by atoms with van der Waals surface area (Å²) in [5.74, 6) is 0.371. The molecule has 1 heteroatoms. The summed E-state index contributed by atoms with van der Waals surface area (Å²) in [6, 6.07) is 6.43. The first-order valence-electron chi connectivity index (χ1n) is 4.84. The van der Waals surface area contributed by atoms with Gasteiger partial charge in [-0.25, -0.2) is 0 Å². The number of benzene rings is 1. The fraction of sp³-hybridized carbons (Fsp3) is 0.333. The Balaban J connectivity index is 2.26. The van der Waals surface area contributed by atoms with E-state index in [-0.39, 0.29) is 6.10 Å². The van der Waals surface area contributed by atoms with Crippen molar-refractivity contribution in [2.75, 3.05) is 0 Å².